The number of fused-ring (bicyclic) bond motifs is 1. The second kappa shape index (κ2) is 5.76. The zero-order valence-corrected chi connectivity index (χ0v) is 11.3. The van der Waals surface area contributed by atoms with Crippen LogP contribution < -0.4 is 5.32 Å². The molecule has 1 aliphatic heterocycles. The van der Waals surface area contributed by atoms with Crippen LogP contribution in [0.2, 0.25) is 0 Å². The molecule has 0 bridgehead atoms. The predicted molar refractivity (Wildman–Crippen MR) is 77.9 cm³/mol. The van der Waals surface area contributed by atoms with Crippen LogP contribution >= 0.6 is 11.8 Å². The molecule has 1 aliphatic rings. The predicted octanol–water partition coefficient (Wildman–Crippen LogP) is 2.94. The molecule has 2 aromatic rings. The molecule has 2 aromatic heterocycles. The summed E-state index contributed by atoms with van der Waals surface area (Å²) in [5, 5.41) is 5.63. The maximum Gasteiger partial charge on any atom is 0.137 e. The van der Waals surface area contributed by atoms with Gasteiger partial charge < -0.3 is 10.3 Å². The monoisotopic (exact) mass is 261 g/mol. The average Bonchev–Trinajstić information content (AvgIpc) is 2.84. The van der Waals surface area contributed by atoms with Crippen LogP contribution in [-0.4, -0.2) is 27.5 Å². The third-order valence-electron chi connectivity index (χ3n) is 3.50. The van der Waals surface area contributed by atoms with E-state index in [0.29, 0.717) is 0 Å². The second-order valence-corrected chi connectivity index (χ2v) is 6.24. The van der Waals surface area contributed by atoms with Crippen molar-refractivity contribution in [2.45, 2.75) is 31.1 Å². The number of hydrogen-bond donors (Lipinski definition) is 2. The highest BCUT2D eigenvalue weighted by Crippen LogP contribution is 2.24. The van der Waals surface area contributed by atoms with Gasteiger partial charge in [-0.15, -0.1) is 0 Å². The van der Waals surface area contributed by atoms with Crippen molar-refractivity contribution in [2.24, 2.45) is 0 Å². The van der Waals surface area contributed by atoms with Crippen LogP contribution in [0.4, 0.5) is 0 Å². The van der Waals surface area contributed by atoms with Gasteiger partial charge in [-0.25, -0.2) is 4.98 Å². The molecule has 96 valence electrons. The van der Waals surface area contributed by atoms with Crippen LogP contribution in [0, 0.1) is 0 Å². The highest BCUT2D eigenvalue weighted by Gasteiger charge is 2.13. The van der Waals surface area contributed by atoms with Gasteiger partial charge in [0, 0.05) is 36.1 Å². The number of aromatic amines is 1. The number of aromatic nitrogens is 2. The van der Waals surface area contributed by atoms with E-state index in [9.17, 15) is 0 Å². The van der Waals surface area contributed by atoms with Gasteiger partial charge in [-0.1, -0.05) is 6.42 Å². The smallest absolute Gasteiger partial charge is 0.137 e. The first-order valence-electron chi connectivity index (χ1n) is 6.67. The summed E-state index contributed by atoms with van der Waals surface area (Å²) in [7, 11) is 0. The van der Waals surface area contributed by atoms with Crippen LogP contribution in [0.1, 0.15) is 24.8 Å². The van der Waals surface area contributed by atoms with Crippen LogP contribution in [0.15, 0.2) is 24.5 Å². The zero-order chi connectivity index (χ0) is 12.2. The third kappa shape index (κ3) is 2.70. The van der Waals surface area contributed by atoms with Gasteiger partial charge >= 0.3 is 0 Å². The summed E-state index contributed by atoms with van der Waals surface area (Å²) in [5.74, 6) is 1.34. The molecule has 1 fully saturated rings. The molecule has 0 aliphatic carbocycles. The van der Waals surface area contributed by atoms with Gasteiger partial charge in [0.1, 0.15) is 5.65 Å². The first-order chi connectivity index (χ1) is 8.93. The Kier molecular flexibility index (Phi) is 3.86. The fourth-order valence-electron chi connectivity index (χ4n) is 2.50. The van der Waals surface area contributed by atoms with E-state index in [4.69, 9.17) is 0 Å². The molecule has 18 heavy (non-hydrogen) atoms. The van der Waals surface area contributed by atoms with Crippen LogP contribution in [-0.2, 0) is 6.54 Å². The lowest BCUT2D eigenvalue weighted by Crippen LogP contribution is -2.26. The van der Waals surface area contributed by atoms with Gasteiger partial charge in [0.2, 0.25) is 0 Å². The van der Waals surface area contributed by atoms with Gasteiger partial charge in [0.15, 0.2) is 0 Å². The highest BCUT2D eigenvalue weighted by atomic mass is 32.2. The van der Waals surface area contributed by atoms with E-state index in [-0.39, 0.29) is 0 Å². The van der Waals surface area contributed by atoms with Crippen molar-refractivity contribution in [1.29, 1.82) is 0 Å². The summed E-state index contributed by atoms with van der Waals surface area (Å²) in [5.41, 5.74) is 2.31. The summed E-state index contributed by atoms with van der Waals surface area (Å²) in [6, 6.07) is 4.13. The fourth-order valence-corrected chi connectivity index (χ4v) is 3.77. The van der Waals surface area contributed by atoms with E-state index >= 15 is 0 Å². The summed E-state index contributed by atoms with van der Waals surface area (Å²) in [6.45, 7) is 2.06. The molecule has 2 N–H and O–H groups in total. The molecule has 3 rings (SSSR count). The third-order valence-corrected chi connectivity index (χ3v) is 4.90. The van der Waals surface area contributed by atoms with E-state index < -0.39 is 0 Å². The quantitative estimate of drug-likeness (QED) is 0.889. The molecule has 3 nitrogen and oxygen atoms in total. The van der Waals surface area contributed by atoms with Crippen molar-refractivity contribution in [3.05, 3.63) is 30.1 Å². The fraction of sp³-hybridized carbons (Fsp3) is 0.500. The topological polar surface area (TPSA) is 40.7 Å². The van der Waals surface area contributed by atoms with E-state index in [1.807, 2.05) is 12.3 Å². The van der Waals surface area contributed by atoms with E-state index in [0.717, 1.165) is 24.0 Å². The van der Waals surface area contributed by atoms with E-state index in [2.05, 4.69) is 39.3 Å². The molecular weight excluding hydrogens is 242 g/mol. The maximum absolute atomic E-state index is 4.31. The normalized spacial score (nSPS) is 20.3. The number of pyridine rings is 1. The van der Waals surface area contributed by atoms with Gasteiger partial charge in [-0.3, -0.25) is 0 Å². The molecule has 4 heteroatoms. The molecule has 0 radical (unpaired) electrons. The molecule has 1 saturated heterocycles. The Labute approximate surface area is 112 Å². The molecule has 1 atom stereocenters. The minimum Gasteiger partial charge on any atom is -0.346 e. The van der Waals surface area contributed by atoms with Crippen molar-refractivity contribution in [3.63, 3.8) is 0 Å². The standard InChI is InChI=1S/C14H19N3S/c1-2-7-18-12(4-1)10-15-8-11-9-17-14-13(11)5-3-6-16-14/h3,5-6,9,12,15H,1-2,4,7-8,10H2,(H,16,17). The van der Waals surface area contributed by atoms with Crippen molar-refractivity contribution in [3.8, 4) is 0 Å². The molecular formula is C14H19N3S. The average molecular weight is 261 g/mol. The van der Waals surface area contributed by atoms with Gasteiger partial charge in [-0.2, -0.15) is 11.8 Å². The van der Waals surface area contributed by atoms with Crippen molar-refractivity contribution in [2.75, 3.05) is 12.3 Å². The Bertz CT molecular complexity index is 502. The SMILES string of the molecule is c1cnc2[nH]cc(CNCC3CCCCS3)c2c1. The lowest BCUT2D eigenvalue weighted by molar-refractivity contribution is 0.599. The Morgan fingerprint density at radius 1 is 1.44 bits per heavy atom. The van der Waals surface area contributed by atoms with Crippen molar-refractivity contribution in [1.82, 2.24) is 15.3 Å². The number of nitrogens with one attached hydrogen (secondary N) is 2. The molecule has 0 saturated carbocycles. The Balaban J connectivity index is 1.56. The summed E-state index contributed by atoms with van der Waals surface area (Å²) < 4.78 is 0. The lowest BCUT2D eigenvalue weighted by atomic mass is 10.2. The summed E-state index contributed by atoms with van der Waals surface area (Å²) in [6.07, 6.45) is 8.06. The summed E-state index contributed by atoms with van der Waals surface area (Å²) >= 11 is 2.12. The minimum atomic E-state index is 0.807. The molecule has 1 unspecified atom stereocenters. The molecule has 3 heterocycles. The lowest BCUT2D eigenvalue weighted by Gasteiger charge is -2.21. The highest BCUT2D eigenvalue weighted by molar-refractivity contribution is 7.99. The number of thioether (sulfide) groups is 1. The zero-order valence-electron chi connectivity index (χ0n) is 10.5. The van der Waals surface area contributed by atoms with E-state index in [1.54, 1.807) is 0 Å². The minimum absolute atomic E-state index is 0.807. The van der Waals surface area contributed by atoms with Crippen LogP contribution in [0.5, 0.6) is 0 Å². The first kappa shape index (κ1) is 12.1. The van der Waals surface area contributed by atoms with Crippen molar-refractivity contribution >= 4 is 22.8 Å². The number of hydrogen-bond acceptors (Lipinski definition) is 3. The van der Waals surface area contributed by atoms with Crippen LogP contribution in [0.25, 0.3) is 11.0 Å². The van der Waals surface area contributed by atoms with Crippen LogP contribution in [0.3, 0.4) is 0 Å². The van der Waals surface area contributed by atoms with Crippen molar-refractivity contribution < 1.29 is 0 Å². The number of nitrogens with zero attached hydrogens (tertiary/aromatic N) is 1. The first-order valence-corrected chi connectivity index (χ1v) is 7.71. The Morgan fingerprint density at radius 3 is 3.33 bits per heavy atom. The molecule has 0 amide bonds. The maximum atomic E-state index is 4.31. The van der Waals surface area contributed by atoms with Gasteiger partial charge in [-0.05, 0) is 36.3 Å². The molecule has 0 spiro atoms. The number of rotatable bonds is 4. The Morgan fingerprint density at radius 2 is 2.44 bits per heavy atom. The largest absolute Gasteiger partial charge is 0.346 e. The van der Waals surface area contributed by atoms with Gasteiger partial charge in [0.25, 0.3) is 0 Å². The Hall–Kier alpha value is -1.00. The second-order valence-electron chi connectivity index (χ2n) is 4.83. The van der Waals surface area contributed by atoms with Gasteiger partial charge in [0.05, 0.1) is 0 Å². The number of H-pyrrole nitrogens is 1. The molecule has 0 aromatic carbocycles. The summed E-state index contributed by atoms with van der Waals surface area (Å²) in [4.78, 5) is 7.53. The van der Waals surface area contributed by atoms with E-state index in [1.165, 1.54) is 36.0 Å².